The van der Waals surface area contributed by atoms with E-state index in [1.54, 1.807) is 24.5 Å². The third-order valence-corrected chi connectivity index (χ3v) is 4.03. The van der Waals surface area contributed by atoms with Crippen LogP contribution in [0.3, 0.4) is 0 Å². The van der Waals surface area contributed by atoms with Crippen molar-refractivity contribution >= 4 is 12.0 Å². The Morgan fingerprint density at radius 3 is 2.41 bits per heavy atom. The normalized spacial score (nSPS) is 11.7. The first kappa shape index (κ1) is 20.4. The van der Waals surface area contributed by atoms with Crippen molar-refractivity contribution < 1.29 is 14.3 Å². The van der Waals surface area contributed by atoms with Crippen LogP contribution in [-0.4, -0.2) is 29.6 Å². The molecule has 0 saturated heterocycles. The van der Waals surface area contributed by atoms with Crippen molar-refractivity contribution in [3.8, 4) is 0 Å². The van der Waals surface area contributed by atoms with Crippen LogP contribution in [0.5, 0.6) is 0 Å². The van der Waals surface area contributed by atoms with Gasteiger partial charge in [0.25, 0.3) is 0 Å². The Kier molecular flexibility index (Phi) is 8.29. The number of hydrogen-bond donors (Lipinski definition) is 2. The Hall–Kier alpha value is -2.89. The van der Waals surface area contributed by atoms with Gasteiger partial charge in [0.1, 0.15) is 12.6 Å². The van der Waals surface area contributed by atoms with Gasteiger partial charge < -0.3 is 15.4 Å². The largest absolute Gasteiger partial charge is 0.445 e. The molecule has 2 N–H and O–H groups in total. The predicted molar refractivity (Wildman–Crippen MR) is 104 cm³/mol. The summed E-state index contributed by atoms with van der Waals surface area (Å²) in [5.41, 5.74) is 1.80. The molecule has 0 spiro atoms. The van der Waals surface area contributed by atoms with Crippen LogP contribution in [0.2, 0.25) is 0 Å². The monoisotopic (exact) mass is 369 g/mol. The summed E-state index contributed by atoms with van der Waals surface area (Å²) in [4.78, 5) is 28.6. The zero-order valence-electron chi connectivity index (χ0n) is 15.9. The van der Waals surface area contributed by atoms with E-state index in [1.165, 1.54) is 0 Å². The van der Waals surface area contributed by atoms with Gasteiger partial charge >= 0.3 is 6.09 Å². The molecule has 1 heterocycles. The Labute approximate surface area is 160 Å². The Morgan fingerprint density at radius 1 is 1.04 bits per heavy atom. The van der Waals surface area contributed by atoms with Crippen molar-refractivity contribution in [2.24, 2.45) is 5.92 Å². The molecule has 2 rings (SSSR count). The van der Waals surface area contributed by atoms with Crippen LogP contribution in [0.4, 0.5) is 4.79 Å². The lowest BCUT2D eigenvalue weighted by Gasteiger charge is -2.19. The number of ether oxygens (including phenoxy) is 1. The van der Waals surface area contributed by atoms with Gasteiger partial charge in [0.15, 0.2) is 0 Å². The van der Waals surface area contributed by atoms with Crippen LogP contribution in [0.25, 0.3) is 0 Å². The second-order valence-corrected chi connectivity index (χ2v) is 6.79. The first-order valence-electron chi connectivity index (χ1n) is 9.18. The van der Waals surface area contributed by atoms with Gasteiger partial charge in [0, 0.05) is 25.4 Å². The molecule has 0 aliphatic rings. The maximum absolute atomic E-state index is 12.5. The third-order valence-electron chi connectivity index (χ3n) is 4.03. The molecule has 1 unspecified atom stereocenters. The van der Waals surface area contributed by atoms with Crippen LogP contribution in [0.15, 0.2) is 54.9 Å². The van der Waals surface area contributed by atoms with Gasteiger partial charge in [-0.25, -0.2) is 4.79 Å². The molecule has 0 saturated carbocycles. The predicted octanol–water partition coefficient (Wildman–Crippen LogP) is 3.08. The minimum atomic E-state index is -0.690. The summed E-state index contributed by atoms with van der Waals surface area (Å²) in [5.74, 6) is 0.288. The maximum Gasteiger partial charge on any atom is 0.408 e. The Bertz CT molecular complexity index is 705. The van der Waals surface area contributed by atoms with Crippen LogP contribution in [-0.2, 0) is 22.6 Å². The smallest absolute Gasteiger partial charge is 0.408 e. The van der Waals surface area contributed by atoms with E-state index < -0.39 is 12.1 Å². The molecule has 6 heteroatoms. The van der Waals surface area contributed by atoms with Crippen molar-refractivity contribution in [2.75, 3.05) is 6.54 Å². The lowest BCUT2D eigenvalue weighted by molar-refractivity contribution is -0.123. The number of hydrogen-bond acceptors (Lipinski definition) is 4. The van der Waals surface area contributed by atoms with E-state index in [0.29, 0.717) is 18.9 Å². The number of nitrogens with zero attached hydrogens (tertiary/aromatic N) is 1. The van der Waals surface area contributed by atoms with Gasteiger partial charge in [-0.3, -0.25) is 9.78 Å². The molecular weight excluding hydrogens is 342 g/mol. The van der Waals surface area contributed by atoms with Gasteiger partial charge in [-0.2, -0.15) is 0 Å². The van der Waals surface area contributed by atoms with E-state index in [4.69, 9.17) is 4.74 Å². The number of rotatable bonds is 9. The van der Waals surface area contributed by atoms with Crippen molar-refractivity contribution in [3.05, 3.63) is 66.0 Å². The molecule has 2 amide bonds. The summed E-state index contributed by atoms with van der Waals surface area (Å²) in [7, 11) is 0. The SMILES string of the molecule is CC(C)CCNC(=O)C(Cc1ccccc1)NC(=O)OCc1ccncc1. The molecule has 1 atom stereocenters. The van der Waals surface area contributed by atoms with Crippen LogP contribution >= 0.6 is 0 Å². The fourth-order valence-corrected chi connectivity index (χ4v) is 2.48. The number of pyridine rings is 1. The van der Waals surface area contributed by atoms with Crippen LogP contribution in [0, 0.1) is 5.92 Å². The van der Waals surface area contributed by atoms with Gasteiger partial charge in [0.05, 0.1) is 0 Å². The number of carbonyl (C=O) groups is 2. The second-order valence-electron chi connectivity index (χ2n) is 6.79. The molecule has 1 aromatic carbocycles. The minimum Gasteiger partial charge on any atom is -0.445 e. The lowest BCUT2D eigenvalue weighted by atomic mass is 10.1. The molecule has 0 aliphatic heterocycles. The summed E-state index contributed by atoms with van der Waals surface area (Å²) in [6, 6.07) is 12.4. The quantitative estimate of drug-likeness (QED) is 0.712. The van der Waals surface area contributed by atoms with Crippen molar-refractivity contribution in [2.45, 2.75) is 39.3 Å². The van der Waals surface area contributed by atoms with Crippen molar-refractivity contribution in [3.63, 3.8) is 0 Å². The Morgan fingerprint density at radius 2 is 1.74 bits per heavy atom. The van der Waals surface area contributed by atoms with E-state index in [1.807, 2.05) is 30.3 Å². The van der Waals surface area contributed by atoms with E-state index in [9.17, 15) is 9.59 Å². The topological polar surface area (TPSA) is 80.3 Å². The summed E-state index contributed by atoms with van der Waals surface area (Å²) in [5, 5.41) is 5.58. The molecule has 0 radical (unpaired) electrons. The van der Waals surface area contributed by atoms with E-state index in [-0.39, 0.29) is 12.5 Å². The summed E-state index contributed by atoms with van der Waals surface area (Å²) in [6.45, 7) is 4.90. The molecule has 6 nitrogen and oxygen atoms in total. The van der Waals surface area contributed by atoms with Crippen molar-refractivity contribution in [1.82, 2.24) is 15.6 Å². The highest BCUT2D eigenvalue weighted by Crippen LogP contribution is 2.05. The number of alkyl carbamates (subject to hydrolysis) is 1. The molecule has 1 aromatic heterocycles. The van der Waals surface area contributed by atoms with Gasteiger partial charge in [-0.1, -0.05) is 44.2 Å². The van der Waals surface area contributed by atoms with E-state index >= 15 is 0 Å². The molecule has 0 fully saturated rings. The summed E-state index contributed by atoms with van der Waals surface area (Å²) in [6.07, 6.45) is 3.94. The second kappa shape index (κ2) is 11.0. The fourth-order valence-electron chi connectivity index (χ4n) is 2.48. The number of benzene rings is 1. The third kappa shape index (κ3) is 7.90. The fraction of sp³-hybridized carbons (Fsp3) is 0.381. The molecular formula is C21H27N3O3. The highest BCUT2D eigenvalue weighted by Gasteiger charge is 2.21. The average molecular weight is 369 g/mol. The first-order chi connectivity index (χ1) is 13.0. The van der Waals surface area contributed by atoms with Crippen LogP contribution < -0.4 is 10.6 Å². The Balaban J connectivity index is 1.93. The standard InChI is InChI=1S/C21H27N3O3/c1-16(2)8-13-23-20(25)19(14-17-6-4-3-5-7-17)24-21(26)27-15-18-9-11-22-12-10-18/h3-7,9-12,16,19H,8,13-15H2,1-2H3,(H,23,25)(H,24,26). The number of nitrogens with one attached hydrogen (secondary N) is 2. The number of aromatic nitrogens is 1. The molecule has 0 aliphatic carbocycles. The molecule has 144 valence electrons. The zero-order valence-corrected chi connectivity index (χ0v) is 15.9. The van der Waals surface area contributed by atoms with Gasteiger partial charge in [-0.15, -0.1) is 0 Å². The minimum absolute atomic E-state index is 0.126. The van der Waals surface area contributed by atoms with E-state index in [0.717, 1.165) is 17.5 Å². The average Bonchev–Trinajstić information content (AvgIpc) is 2.67. The molecule has 2 aromatic rings. The van der Waals surface area contributed by atoms with Gasteiger partial charge in [-0.05, 0) is 35.6 Å². The highest BCUT2D eigenvalue weighted by molar-refractivity contribution is 5.85. The number of amides is 2. The summed E-state index contributed by atoms with van der Waals surface area (Å²) >= 11 is 0. The first-order valence-corrected chi connectivity index (χ1v) is 9.18. The van der Waals surface area contributed by atoms with Crippen molar-refractivity contribution in [1.29, 1.82) is 0 Å². The molecule has 27 heavy (non-hydrogen) atoms. The van der Waals surface area contributed by atoms with E-state index in [2.05, 4.69) is 29.5 Å². The lowest BCUT2D eigenvalue weighted by Crippen LogP contribution is -2.48. The van der Waals surface area contributed by atoms with Crippen LogP contribution in [0.1, 0.15) is 31.4 Å². The van der Waals surface area contributed by atoms with Gasteiger partial charge in [0.2, 0.25) is 5.91 Å². The number of carbonyl (C=O) groups excluding carboxylic acids is 2. The summed E-state index contributed by atoms with van der Waals surface area (Å²) < 4.78 is 5.23. The molecule has 0 bridgehead atoms. The maximum atomic E-state index is 12.5. The highest BCUT2D eigenvalue weighted by atomic mass is 16.5. The zero-order chi connectivity index (χ0) is 19.5.